The molecule has 1 amide bonds. The first kappa shape index (κ1) is 10.5. The van der Waals surface area contributed by atoms with Crippen molar-refractivity contribution in [3.63, 3.8) is 0 Å². The van der Waals surface area contributed by atoms with E-state index in [1.165, 1.54) is 0 Å². The summed E-state index contributed by atoms with van der Waals surface area (Å²) in [5, 5.41) is 0. The normalized spacial score (nSPS) is 22.9. The molecule has 1 fully saturated rings. The van der Waals surface area contributed by atoms with Crippen LogP contribution in [0.15, 0.2) is 0 Å². The SMILES string of the molecule is CCN1CCC(C(N)C(N)=O)CC1. The number of hydrogen-bond acceptors (Lipinski definition) is 3. The zero-order chi connectivity index (χ0) is 9.84. The first-order valence-corrected chi connectivity index (χ1v) is 4.92. The fourth-order valence-corrected chi connectivity index (χ4v) is 1.86. The molecule has 0 aromatic rings. The van der Waals surface area contributed by atoms with Gasteiger partial charge in [-0.15, -0.1) is 0 Å². The van der Waals surface area contributed by atoms with Gasteiger partial charge in [-0.05, 0) is 38.4 Å². The molecule has 0 bridgehead atoms. The van der Waals surface area contributed by atoms with Crippen LogP contribution < -0.4 is 11.5 Å². The van der Waals surface area contributed by atoms with Gasteiger partial charge in [0, 0.05) is 0 Å². The second kappa shape index (κ2) is 4.58. The largest absolute Gasteiger partial charge is 0.368 e. The van der Waals surface area contributed by atoms with E-state index in [1.807, 2.05) is 0 Å². The molecule has 4 heteroatoms. The van der Waals surface area contributed by atoms with Crippen LogP contribution in [-0.2, 0) is 4.79 Å². The highest BCUT2D eigenvalue weighted by Gasteiger charge is 2.26. The molecule has 1 unspecified atom stereocenters. The Morgan fingerprint density at radius 3 is 2.46 bits per heavy atom. The molecule has 1 rings (SSSR count). The van der Waals surface area contributed by atoms with Crippen molar-refractivity contribution in [3.05, 3.63) is 0 Å². The Morgan fingerprint density at radius 1 is 1.54 bits per heavy atom. The number of nitrogens with two attached hydrogens (primary N) is 2. The Morgan fingerprint density at radius 2 is 2.08 bits per heavy atom. The summed E-state index contributed by atoms with van der Waals surface area (Å²) in [4.78, 5) is 13.2. The maximum Gasteiger partial charge on any atom is 0.234 e. The second-order valence-corrected chi connectivity index (χ2v) is 3.70. The van der Waals surface area contributed by atoms with Crippen molar-refractivity contribution < 1.29 is 4.79 Å². The van der Waals surface area contributed by atoms with E-state index >= 15 is 0 Å². The first-order chi connectivity index (χ1) is 6.15. The smallest absolute Gasteiger partial charge is 0.234 e. The Kier molecular flexibility index (Phi) is 3.69. The topological polar surface area (TPSA) is 72.3 Å². The third kappa shape index (κ3) is 2.67. The van der Waals surface area contributed by atoms with Crippen molar-refractivity contribution in [3.8, 4) is 0 Å². The molecule has 4 N–H and O–H groups in total. The Bertz CT molecular complexity index is 176. The molecule has 0 aromatic carbocycles. The molecule has 0 aromatic heterocycles. The summed E-state index contributed by atoms with van der Waals surface area (Å²) in [5.41, 5.74) is 10.8. The quantitative estimate of drug-likeness (QED) is 0.624. The lowest BCUT2D eigenvalue weighted by molar-refractivity contribution is -0.120. The minimum atomic E-state index is -0.445. The molecule has 1 atom stereocenters. The molecular formula is C9H19N3O. The van der Waals surface area contributed by atoms with Gasteiger partial charge in [-0.3, -0.25) is 4.79 Å². The molecule has 1 aliphatic heterocycles. The summed E-state index contributed by atoms with van der Waals surface area (Å²) in [6.07, 6.45) is 2.00. The van der Waals surface area contributed by atoms with E-state index in [9.17, 15) is 4.79 Å². The molecular weight excluding hydrogens is 166 g/mol. The highest BCUT2D eigenvalue weighted by molar-refractivity contribution is 5.79. The van der Waals surface area contributed by atoms with E-state index in [4.69, 9.17) is 11.5 Å². The zero-order valence-corrected chi connectivity index (χ0v) is 8.20. The van der Waals surface area contributed by atoms with E-state index in [-0.39, 0.29) is 5.91 Å². The maximum absolute atomic E-state index is 10.8. The summed E-state index contributed by atoms with van der Waals surface area (Å²) in [6, 6.07) is -0.445. The van der Waals surface area contributed by atoms with Crippen molar-refractivity contribution in [2.45, 2.75) is 25.8 Å². The third-order valence-corrected chi connectivity index (χ3v) is 2.92. The van der Waals surface area contributed by atoms with E-state index in [2.05, 4.69) is 11.8 Å². The average molecular weight is 185 g/mol. The Labute approximate surface area is 79.3 Å². The number of piperidine rings is 1. The molecule has 1 heterocycles. The average Bonchev–Trinajstić information content (AvgIpc) is 2.17. The van der Waals surface area contributed by atoms with Gasteiger partial charge in [-0.2, -0.15) is 0 Å². The van der Waals surface area contributed by atoms with Gasteiger partial charge in [0.25, 0.3) is 0 Å². The minimum absolute atomic E-state index is 0.292. The van der Waals surface area contributed by atoms with E-state index in [1.54, 1.807) is 0 Å². The molecule has 0 radical (unpaired) electrons. The van der Waals surface area contributed by atoms with Gasteiger partial charge in [0.1, 0.15) is 0 Å². The number of carbonyl (C=O) groups is 1. The number of amides is 1. The van der Waals surface area contributed by atoms with Crippen LogP contribution in [-0.4, -0.2) is 36.5 Å². The molecule has 1 saturated heterocycles. The van der Waals surface area contributed by atoms with Crippen LogP contribution >= 0.6 is 0 Å². The lowest BCUT2D eigenvalue weighted by Gasteiger charge is -2.32. The number of likely N-dealkylation sites (tertiary alicyclic amines) is 1. The van der Waals surface area contributed by atoms with Gasteiger partial charge in [0.15, 0.2) is 0 Å². The van der Waals surface area contributed by atoms with Gasteiger partial charge < -0.3 is 16.4 Å². The van der Waals surface area contributed by atoms with Crippen LogP contribution in [0.5, 0.6) is 0 Å². The number of rotatable bonds is 3. The summed E-state index contributed by atoms with van der Waals surface area (Å²) < 4.78 is 0. The van der Waals surface area contributed by atoms with Crippen molar-refractivity contribution in [1.82, 2.24) is 4.90 Å². The van der Waals surface area contributed by atoms with Gasteiger partial charge in [-0.1, -0.05) is 6.92 Å². The Balaban J connectivity index is 2.36. The number of hydrogen-bond donors (Lipinski definition) is 2. The van der Waals surface area contributed by atoms with E-state index in [0.29, 0.717) is 5.92 Å². The van der Waals surface area contributed by atoms with Crippen LogP contribution in [0.3, 0.4) is 0 Å². The Hall–Kier alpha value is -0.610. The van der Waals surface area contributed by atoms with Crippen molar-refractivity contribution in [2.24, 2.45) is 17.4 Å². The fraction of sp³-hybridized carbons (Fsp3) is 0.889. The monoisotopic (exact) mass is 185 g/mol. The highest BCUT2D eigenvalue weighted by atomic mass is 16.1. The predicted octanol–water partition coefficient (Wildman–Crippen LogP) is -0.469. The van der Waals surface area contributed by atoms with Gasteiger partial charge in [-0.25, -0.2) is 0 Å². The van der Waals surface area contributed by atoms with Gasteiger partial charge >= 0.3 is 0 Å². The molecule has 0 saturated carbocycles. The summed E-state index contributed by atoms with van der Waals surface area (Å²) in [5.74, 6) is -0.0738. The maximum atomic E-state index is 10.8. The fourth-order valence-electron chi connectivity index (χ4n) is 1.86. The van der Waals surface area contributed by atoms with Crippen molar-refractivity contribution >= 4 is 5.91 Å². The van der Waals surface area contributed by atoms with Crippen LogP contribution in [0.2, 0.25) is 0 Å². The van der Waals surface area contributed by atoms with Crippen LogP contribution in [0.25, 0.3) is 0 Å². The zero-order valence-electron chi connectivity index (χ0n) is 8.20. The molecule has 76 valence electrons. The summed E-state index contributed by atoms with van der Waals surface area (Å²) in [7, 11) is 0. The molecule has 13 heavy (non-hydrogen) atoms. The van der Waals surface area contributed by atoms with Crippen molar-refractivity contribution in [2.75, 3.05) is 19.6 Å². The van der Waals surface area contributed by atoms with Crippen LogP contribution in [0, 0.1) is 5.92 Å². The lowest BCUT2D eigenvalue weighted by Crippen LogP contribution is -2.47. The predicted molar refractivity (Wildman–Crippen MR) is 52.0 cm³/mol. The number of nitrogens with zero attached hydrogens (tertiary/aromatic N) is 1. The standard InChI is InChI=1S/C9H19N3O/c1-2-12-5-3-7(4-6-12)8(10)9(11)13/h7-8H,2-6,10H2,1H3,(H2,11,13). The van der Waals surface area contributed by atoms with Crippen LogP contribution in [0.1, 0.15) is 19.8 Å². The molecule has 0 spiro atoms. The van der Waals surface area contributed by atoms with E-state index < -0.39 is 6.04 Å². The molecule has 4 nitrogen and oxygen atoms in total. The molecule has 1 aliphatic rings. The van der Waals surface area contributed by atoms with E-state index in [0.717, 1.165) is 32.5 Å². The number of primary amides is 1. The first-order valence-electron chi connectivity index (χ1n) is 4.92. The highest BCUT2D eigenvalue weighted by Crippen LogP contribution is 2.19. The second-order valence-electron chi connectivity index (χ2n) is 3.70. The van der Waals surface area contributed by atoms with Gasteiger partial charge in [0.05, 0.1) is 6.04 Å². The molecule has 0 aliphatic carbocycles. The summed E-state index contributed by atoms with van der Waals surface area (Å²) >= 11 is 0. The van der Waals surface area contributed by atoms with Crippen LogP contribution in [0.4, 0.5) is 0 Å². The minimum Gasteiger partial charge on any atom is -0.368 e. The number of carbonyl (C=O) groups excluding carboxylic acids is 1. The van der Waals surface area contributed by atoms with Gasteiger partial charge in [0.2, 0.25) is 5.91 Å². The summed E-state index contributed by atoms with van der Waals surface area (Å²) in [6.45, 7) is 5.32. The van der Waals surface area contributed by atoms with Crippen molar-refractivity contribution in [1.29, 1.82) is 0 Å². The lowest BCUT2D eigenvalue weighted by atomic mass is 9.89. The third-order valence-electron chi connectivity index (χ3n) is 2.92.